The van der Waals surface area contributed by atoms with Crippen LogP contribution in [0.25, 0.3) is 0 Å². The molecular formula is C10H22N2O4S. The minimum atomic E-state index is -3.11. The second-order valence-electron chi connectivity index (χ2n) is 4.87. The van der Waals surface area contributed by atoms with E-state index in [0.717, 1.165) is 6.26 Å². The predicted octanol–water partition coefficient (Wildman–Crippen LogP) is -0.974. The van der Waals surface area contributed by atoms with Gasteiger partial charge in [-0.25, -0.2) is 8.42 Å². The van der Waals surface area contributed by atoms with Crippen LogP contribution in [0.1, 0.15) is 26.7 Å². The normalized spacial score (nSPS) is 14.4. The first-order valence-corrected chi connectivity index (χ1v) is 7.49. The number of carbonyl (C=O) groups is 1. The number of carbonyl (C=O) groups excluding carboxylic acids is 1. The van der Waals surface area contributed by atoms with Gasteiger partial charge in [-0.15, -0.1) is 0 Å². The number of hydrogen-bond donors (Lipinski definition) is 3. The highest BCUT2D eigenvalue weighted by atomic mass is 32.2. The number of amides is 1. The number of hydrogen-bond acceptors (Lipinski definition) is 5. The average Bonchev–Trinajstić information content (AvgIpc) is 2.11. The monoisotopic (exact) mass is 266 g/mol. The SMILES string of the molecule is CC(C)(CCO)NC(=O)C(N)CCS(C)(=O)=O. The van der Waals surface area contributed by atoms with E-state index in [-0.39, 0.29) is 18.8 Å². The summed E-state index contributed by atoms with van der Waals surface area (Å²) in [5.41, 5.74) is 5.04. The molecule has 0 bridgehead atoms. The van der Waals surface area contributed by atoms with E-state index in [9.17, 15) is 13.2 Å². The van der Waals surface area contributed by atoms with Crippen molar-refractivity contribution in [3.05, 3.63) is 0 Å². The molecular weight excluding hydrogens is 244 g/mol. The van der Waals surface area contributed by atoms with E-state index in [2.05, 4.69) is 5.32 Å². The quantitative estimate of drug-likeness (QED) is 0.549. The van der Waals surface area contributed by atoms with Crippen LogP contribution in [-0.4, -0.2) is 49.6 Å². The van der Waals surface area contributed by atoms with E-state index in [1.165, 1.54) is 0 Å². The summed E-state index contributed by atoms with van der Waals surface area (Å²) in [6, 6.07) is -0.845. The molecule has 0 aliphatic heterocycles. The number of nitrogens with two attached hydrogens (primary N) is 1. The molecule has 17 heavy (non-hydrogen) atoms. The molecule has 1 atom stereocenters. The molecule has 0 aromatic rings. The Hall–Kier alpha value is -0.660. The highest BCUT2D eigenvalue weighted by Crippen LogP contribution is 2.07. The van der Waals surface area contributed by atoms with Crippen LogP contribution >= 0.6 is 0 Å². The minimum absolute atomic E-state index is 0.0359. The predicted molar refractivity (Wildman–Crippen MR) is 66.2 cm³/mol. The summed E-state index contributed by atoms with van der Waals surface area (Å²) in [6.45, 7) is 3.50. The van der Waals surface area contributed by atoms with Crippen molar-refractivity contribution in [1.82, 2.24) is 5.32 Å². The van der Waals surface area contributed by atoms with Gasteiger partial charge in [-0.2, -0.15) is 0 Å². The fourth-order valence-corrected chi connectivity index (χ4v) is 1.92. The Morgan fingerprint density at radius 1 is 1.47 bits per heavy atom. The fraction of sp³-hybridized carbons (Fsp3) is 0.900. The Morgan fingerprint density at radius 3 is 2.41 bits per heavy atom. The second kappa shape index (κ2) is 6.32. The maximum Gasteiger partial charge on any atom is 0.237 e. The lowest BCUT2D eigenvalue weighted by Crippen LogP contribution is -2.51. The van der Waals surface area contributed by atoms with Gasteiger partial charge in [0.1, 0.15) is 9.84 Å². The molecule has 0 radical (unpaired) electrons. The first kappa shape index (κ1) is 16.3. The Bertz CT molecular complexity index is 351. The van der Waals surface area contributed by atoms with Crippen LogP contribution in [0.5, 0.6) is 0 Å². The van der Waals surface area contributed by atoms with Gasteiger partial charge in [0.15, 0.2) is 0 Å². The summed E-state index contributed by atoms with van der Waals surface area (Å²) >= 11 is 0. The van der Waals surface area contributed by atoms with Gasteiger partial charge in [0, 0.05) is 18.4 Å². The molecule has 0 aliphatic rings. The van der Waals surface area contributed by atoms with Crippen molar-refractivity contribution in [3.63, 3.8) is 0 Å². The van der Waals surface area contributed by atoms with Crippen molar-refractivity contribution in [2.75, 3.05) is 18.6 Å². The summed E-state index contributed by atoms with van der Waals surface area (Å²) in [4.78, 5) is 11.6. The molecule has 6 nitrogen and oxygen atoms in total. The first-order valence-electron chi connectivity index (χ1n) is 5.43. The van der Waals surface area contributed by atoms with Crippen molar-refractivity contribution >= 4 is 15.7 Å². The van der Waals surface area contributed by atoms with Crippen molar-refractivity contribution in [2.24, 2.45) is 5.73 Å². The molecule has 0 saturated heterocycles. The molecule has 1 amide bonds. The zero-order valence-corrected chi connectivity index (χ0v) is 11.4. The van der Waals surface area contributed by atoms with Crippen LogP contribution in [0.15, 0.2) is 0 Å². The number of sulfone groups is 1. The van der Waals surface area contributed by atoms with Gasteiger partial charge in [-0.3, -0.25) is 4.79 Å². The first-order chi connectivity index (χ1) is 7.57. The molecule has 0 fully saturated rings. The highest BCUT2D eigenvalue weighted by molar-refractivity contribution is 7.90. The number of rotatable bonds is 7. The summed E-state index contributed by atoms with van der Waals surface area (Å²) < 4.78 is 21.9. The standard InChI is InChI=1S/C10H22N2O4S/c1-10(2,5-6-13)12-9(14)8(11)4-7-17(3,15)16/h8,13H,4-7,11H2,1-3H3,(H,12,14). The smallest absolute Gasteiger partial charge is 0.237 e. The fourth-order valence-electron chi connectivity index (χ4n) is 1.24. The molecule has 0 aromatic carbocycles. The van der Waals surface area contributed by atoms with E-state index in [0.29, 0.717) is 6.42 Å². The molecule has 0 aliphatic carbocycles. The van der Waals surface area contributed by atoms with Crippen molar-refractivity contribution < 1.29 is 18.3 Å². The van der Waals surface area contributed by atoms with Gasteiger partial charge < -0.3 is 16.2 Å². The van der Waals surface area contributed by atoms with Gasteiger partial charge in [0.2, 0.25) is 5.91 Å². The summed E-state index contributed by atoms with van der Waals surface area (Å²) in [5.74, 6) is -0.505. The Morgan fingerprint density at radius 2 is 2.00 bits per heavy atom. The summed E-state index contributed by atoms with van der Waals surface area (Å²) in [7, 11) is -3.11. The third kappa shape index (κ3) is 8.12. The Kier molecular flexibility index (Phi) is 6.08. The summed E-state index contributed by atoms with van der Waals surface area (Å²) in [5, 5.41) is 11.5. The molecule has 102 valence electrons. The van der Waals surface area contributed by atoms with E-state index in [1.807, 2.05) is 0 Å². The molecule has 7 heteroatoms. The molecule has 0 rings (SSSR count). The van der Waals surface area contributed by atoms with Crippen molar-refractivity contribution in [3.8, 4) is 0 Å². The Labute approximate surface area is 102 Å². The largest absolute Gasteiger partial charge is 0.396 e. The summed E-state index contributed by atoms with van der Waals surface area (Å²) in [6.07, 6.45) is 1.62. The average molecular weight is 266 g/mol. The highest BCUT2D eigenvalue weighted by Gasteiger charge is 2.23. The third-order valence-electron chi connectivity index (χ3n) is 2.33. The zero-order chi connectivity index (χ0) is 13.7. The maximum atomic E-state index is 11.6. The van der Waals surface area contributed by atoms with Gasteiger partial charge in [-0.05, 0) is 26.7 Å². The van der Waals surface area contributed by atoms with E-state index < -0.39 is 27.3 Å². The number of aliphatic hydroxyl groups excluding tert-OH is 1. The van der Waals surface area contributed by atoms with Gasteiger partial charge in [-0.1, -0.05) is 0 Å². The molecule has 0 aromatic heterocycles. The number of aliphatic hydroxyl groups is 1. The minimum Gasteiger partial charge on any atom is -0.396 e. The number of nitrogens with one attached hydrogen (secondary N) is 1. The van der Waals surface area contributed by atoms with E-state index in [1.54, 1.807) is 13.8 Å². The van der Waals surface area contributed by atoms with Gasteiger partial charge in [0.25, 0.3) is 0 Å². The molecule has 4 N–H and O–H groups in total. The molecule has 0 spiro atoms. The lowest BCUT2D eigenvalue weighted by Gasteiger charge is -2.27. The second-order valence-corrected chi connectivity index (χ2v) is 7.13. The lowest BCUT2D eigenvalue weighted by molar-refractivity contribution is -0.124. The van der Waals surface area contributed by atoms with Crippen LogP contribution in [0.3, 0.4) is 0 Å². The van der Waals surface area contributed by atoms with Gasteiger partial charge in [0.05, 0.1) is 11.8 Å². The van der Waals surface area contributed by atoms with Crippen LogP contribution < -0.4 is 11.1 Å². The van der Waals surface area contributed by atoms with E-state index in [4.69, 9.17) is 10.8 Å². The van der Waals surface area contributed by atoms with Crippen LogP contribution in [0.2, 0.25) is 0 Å². The van der Waals surface area contributed by atoms with E-state index >= 15 is 0 Å². The third-order valence-corrected chi connectivity index (χ3v) is 3.31. The molecule has 0 heterocycles. The molecule has 0 saturated carbocycles. The maximum absolute atomic E-state index is 11.6. The Balaban J connectivity index is 4.23. The lowest BCUT2D eigenvalue weighted by atomic mass is 10.0. The van der Waals surface area contributed by atoms with Crippen molar-refractivity contribution in [1.29, 1.82) is 0 Å². The zero-order valence-electron chi connectivity index (χ0n) is 10.6. The van der Waals surface area contributed by atoms with Crippen molar-refractivity contribution in [2.45, 2.75) is 38.3 Å². The van der Waals surface area contributed by atoms with Crippen LogP contribution in [-0.2, 0) is 14.6 Å². The van der Waals surface area contributed by atoms with Crippen LogP contribution in [0, 0.1) is 0 Å². The van der Waals surface area contributed by atoms with Gasteiger partial charge >= 0.3 is 0 Å². The molecule has 1 unspecified atom stereocenters. The van der Waals surface area contributed by atoms with Crippen LogP contribution in [0.4, 0.5) is 0 Å². The topological polar surface area (TPSA) is 109 Å².